The van der Waals surface area contributed by atoms with Gasteiger partial charge in [-0.1, -0.05) is 20.8 Å². The van der Waals surface area contributed by atoms with E-state index in [0.717, 1.165) is 30.2 Å². The van der Waals surface area contributed by atoms with Crippen molar-refractivity contribution in [3.8, 4) is 5.75 Å². The summed E-state index contributed by atoms with van der Waals surface area (Å²) in [6.45, 7) is 17.0. The van der Waals surface area contributed by atoms with E-state index in [1.807, 2.05) is 45.2 Å². The molecule has 1 aliphatic carbocycles. The van der Waals surface area contributed by atoms with Crippen molar-refractivity contribution in [3.05, 3.63) is 35.5 Å². The number of benzene rings is 1. The fourth-order valence-electron chi connectivity index (χ4n) is 3.41. The van der Waals surface area contributed by atoms with Gasteiger partial charge in [-0.05, 0) is 81.4 Å². The highest BCUT2D eigenvalue weighted by Gasteiger charge is 2.40. The Hall–Kier alpha value is -1.72. The summed E-state index contributed by atoms with van der Waals surface area (Å²) in [5, 5.41) is 1.28. The summed E-state index contributed by atoms with van der Waals surface area (Å²) in [7, 11) is -1.89. The first kappa shape index (κ1) is 22.0. The monoisotopic (exact) mass is 413 g/mol. The minimum Gasteiger partial charge on any atom is -0.426 e. The molecule has 2 aromatic rings. The lowest BCUT2D eigenvalue weighted by Gasteiger charge is -2.41. The van der Waals surface area contributed by atoms with Gasteiger partial charge in [0.05, 0.1) is 17.0 Å². The molecule has 5 heteroatoms. The number of aryl methyl sites for hydroxylation is 1. The molecule has 3 rings (SSSR count). The van der Waals surface area contributed by atoms with Gasteiger partial charge in [-0.2, -0.15) is 0 Å². The van der Waals surface area contributed by atoms with Crippen molar-refractivity contribution >= 4 is 25.2 Å². The van der Waals surface area contributed by atoms with Crippen LogP contribution in [0.25, 0.3) is 10.9 Å². The first-order valence-corrected chi connectivity index (χ1v) is 13.5. The summed E-state index contributed by atoms with van der Waals surface area (Å²) in [6, 6.07) is 5.79. The molecule has 4 nitrogen and oxygen atoms in total. The van der Waals surface area contributed by atoms with Crippen molar-refractivity contribution in [3.63, 3.8) is 0 Å². The van der Waals surface area contributed by atoms with Crippen LogP contribution in [-0.2, 0) is 15.6 Å². The Balaban J connectivity index is 1.99. The highest BCUT2D eigenvalue weighted by Crippen LogP contribution is 2.44. The van der Waals surface area contributed by atoms with Gasteiger partial charge < -0.3 is 9.16 Å². The third-order valence-electron chi connectivity index (χ3n) is 6.27. The van der Waals surface area contributed by atoms with E-state index in [1.54, 1.807) is 0 Å². The lowest BCUT2D eigenvalue weighted by atomic mass is 9.88. The van der Waals surface area contributed by atoms with E-state index >= 15 is 0 Å². The fraction of sp³-hybridized carbons (Fsp3) is 0.583. The van der Waals surface area contributed by atoms with Gasteiger partial charge in [0.25, 0.3) is 0 Å². The number of esters is 1. The maximum atomic E-state index is 12.2. The molecule has 0 N–H and O–H groups in total. The number of ether oxygens (including phenoxy) is 1. The molecule has 158 valence electrons. The number of carbonyl (C=O) groups excluding carboxylic acids is 1. The quantitative estimate of drug-likeness (QED) is 0.324. The molecule has 29 heavy (non-hydrogen) atoms. The molecule has 0 saturated carbocycles. The Kier molecular flexibility index (Phi) is 5.69. The van der Waals surface area contributed by atoms with Crippen LogP contribution in [0.15, 0.2) is 24.4 Å². The average molecular weight is 414 g/mol. The minimum absolute atomic E-state index is 0.105. The number of nitrogens with zero attached hydrogens (tertiary/aromatic N) is 1. The van der Waals surface area contributed by atoms with E-state index in [0.29, 0.717) is 5.75 Å². The van der Waals surface area contributed by atoms with Crippen LogP contribution in [0.3, 0.4) is 0 Å². The largest absolute Gasteiger partial charge is 0.426 e. The van der Waals surface area contributed by atoms with Crippen LogP contribution < -0.4 is 4.74 Å². The van der Waals surface area contributed by atoms with Gasteiger partial charge in [0.2, 0.25) is 0 Å². The maximum Gasteiger partial charge on any atom is 0.316 e. The number of hydrogen-bond donors (Lipinski definition) is 0. The van der Waals surface area contributed by atoms with Gasteiger partial charge in [0.15, 0.2) is 8.32 Å². The fourth-order valence-corrected chi connectivity index (χ4v) is 4.71. The summed E-state index contributed by atoms with van der Waals surface area (Å²) in [6.07, 6.45) is 5.29. The molecular formula is C24H35NO3Si. The highest BCUT2D eigenvalue weighted by molar-refractivity contribution is 6.74. The van der Waals surface area contributed by atoms with Crippen LogP contribution >= 0.6 is 0 Å². The van der Waals surface area contributed by atoms with Crippen molar-refractivity contribution < 1.29 is 14.0 Å². The molecule has 1 heterocycles. The van der Waals surface area contributed by atoms with Gasteiger partial charge in [-0.3, -0.25) is 9.78 Å². The zero-order valence-electron chi connectivity index (χ0n) is 19.2. The number of fused-ring (bicyclic) bond motifs is 3. The van der Waals surface area contributed by atoms with Gasteiger partial charge in [-0.25, -0.2) is 0 Å². The maximum absolute atomic E-state index is 12.2. The van der Waals surface area contributed by atoms with Crippen molar-refractivity contribution in [2.45, 2.75) is 85.0 Å². The molecule has 1 aliphatic rings. The summed E-state index contributed by atoms with van der Waals surface area (Å²) in [5.41, 5.74) is 2.88. The summed E-state index contributed by atoms with van der Waals surface area (Å²) in [4.78, 5) is 16.9. The van der Waals surface area contributed by atoms with E-state index in [-0.39, 0.29) is 17.1 Å². The number of carbonyl (C=O) groups is 1. The molecule has 1 unspecified atom stereocenters. The molecular weight excluding hydrogens is 378 g/mol. The van der Waals surface area contributed by atoms with Crippen molar-refractivity contribution in [1.82, 2.24) is 4.98 Å². The van der Waals surface area contributed by atoms with E-state index in [2.05, 4.69) is 38.8 Å². The molecule has 1 aromatic heterocycles. The van der Waals surface area contributed by atoms with Crippen LogP contribution in [0.2, 0.25) is 18.1 Å². The Morgan fingerprint density at radius 3 is 2.45 bits per heavy atom. The molecule has 0 amide bonds. The van der Waals surface area contributed by atoms with Crippen LogP contribution in [0.4, 0.5) is 0 Å². The number of rotatable bonds is 3. The molecule has 0 fully saturated rings. The highest BCUT2D eigenvalue weighted by atomic mass is 28.4. The standard InChI is InChI=1S/C24H35NO3Si/c1-23(2,3)22(26)27-17-12-13-18-19(14-17)25-15-16-10-9-11-20(21(16)18)28-29(7,8)24(4,5)6/h12-15,20H,9-11H2,1-8H3. The minimum atomic E-state index is -1.89. The summed E-state index contributed by atoms with van der Waals surface area (Å²) < 4.78 is 12.4. The van der Waals surface area contributed by atoms with E-state index in [4.69, 9.17) is 9.16 Å². The van der Waals surface area contributed by atoms with Gasteiger partial charge in [0.1, 0.15) is 5.75 Å². The summed E-state index contributed by atoms with van der Waals surface area (Å²) >= 11 is 0. The molecule has 0 aliphatic heterocycles. The van der Waals surface area contributed by atoms with E-state index in [9.17, 15) is 4.79 Å². The van der Waals surface area contributed by atoms with Gasteiger partial charge in [0, 0.05) is 17.6 Å². The molecule has 0 saturated heterocycles. The smallest absolute Gasteiger partial charge is 0.316 e. The molecule has 1 aromatic carbocycles. The zero-order chi connectivity index (χ0) is 21.6. The Morgan fingerprint density at radius 1 is 1.14 bits per heavy atom. The van der Waals surface area contributed by atoms with E-state index in [1.165, 1.54) is 11.1 Å². The normalized spacial score (nSPS) is 17.9. The van der Waals surface area contributed by atoms with E-state index < -0.39 is 13.7 Å². The zero-order valence-corrected chi connectivity index (χ0v) is 20.2. The van der Waals surface area contributed by atoms with Crippen LogP contribution in [0.5, 0.6) is 5.75 Å². The second-order valence-electron chi connectivity index (χ2n) is 10.8. The summed E-state index contributed by atoms with van der Waals surface area (Å²) in [5.74, 6) is 0.302. The average Bonchev–Trinajstić information content (AvgIpc) is 2.59. The number of aromatic nitrogens is 1. The predicted molar refractivity (Wildman–Crippen MR) is 121 cm³/mol. The van der Waals surface area contributed by atoms with Crippen molar-refractivity contribution in [1.29, 1.82) is 0 Å². The van der Waals surface area contributed by atoms with Crippen LogP contribution in [0, 0.1) is 5.41 Å². The second-order valence-corrected chi connectivity index (χ2v) is 15.5. The Bertz CT molecular complexity index is 922. The van der Waals surface area contributed by atoms with Crippen LogP contribution in [0.1, 0.15) is 71.6 Å². The van der Waals surface area contributed by atoms with Crippen LogP contribution in [-0.4, -0.2) is 19.3 Å². The van der Waals surface area contributed by atoms with Gasteiger partial charge >= 0.3 is 5.97 Å². The van der Waals surface area contributed by atoms with Gasteiger partial charge in [-0.15, -0.1) is 0 Å². The molecule has 0 radical (unpaired) electrons. The molecule has 1 atom stereocenters. The topological polar surface area (TPSA) is 48.4 Å². The first-order valence-electron chi connectivity index (χ1n) is 10.6. The third kappa shape index (κ3) is 4.56. The molecule has 0 spiro atoms. The number of hydrogen-bond acceptors (Lipinski definition) is 4. The lowest BCUT2D eigenvalue weighted by molar-refractivity contribution is -0.142. The molecule has 0 bridgehead atoms. The lowest BCUT2D eigenvalue weighted by Crippen LogP contribution is -2.42. The third-order valence-corrected chi connectivity index (χ3v) is 10.8. The predicted octanol–water partition coefficient (Wildman–Crippen LogP) is 6.59. The van der Waals surface area contributed by atoms with Crippen molar-refractivity contribution in [2.24, 2.45) is 5.41 Å². The Labute approximate surface area is 176 Å². The Morgan fingerprint density at radius 2 is 1.83 bits per heavy atom. The first-order chi connectivity index (χ1) is 13.3. The SMILES string of the molecule is CC(C)(C)C(=O)Oc1ccc2c3c(cnc2c1)CCCC3O[Si](C)(C)C(C)(C)C. The second kappa shape index (κ2) is 7.51. The number of pyridine rings is 1. The van der Waals surface area contributed by atoms with Crippen molar-refractivity contribution in [2.75, 3.05) is 0 Å².